The van der Waals surface area contributed by atoms with Crippen molar-refractivity contribution in [3.8, 4) is 0 Å². The SMILES string of the molecule is CCN(c1nccnc1C(=O)OC)S(=O)(=O)Cc1c(Cl)ccc(Cl)c1C(F)(F)F. The van der Waals surface area contributed by atoms with Gasteiger partial charge in [0.25, 0.3) is 0 Å². The van der Waals surface area contributed by atoms with Gasteiger partial charge < -0.3 is 4.74 Å². The first-order valence-corrected chi connectivity index (χ1v) is 10.2. The van der Waals surface area contributed by atoms with Gasteiger partial charge in [-0.25, -0.2) is 23.2 Å². The summed E-state index contributed by atoms with van der Waals surface area (Å²) in [6, 6.07) is 2.00. The summed E-state index contributed by atoms with van der Waals surface area (Å²) < 4.78 is 71.5. The standard InChI is InChI=1S/C16H14Cl2F3N3O4S/c1-3-24(14-13(15(25)28-2)22-6-7-23-14)29(26,27)8-9-10(17)4-5-11(18)12(9)16(19,20)21/h4-7H,3,8H2,1-2H3. The number of carbonyl (C=O) groups excluding carboxylic acids is 1. The highest BCUT2D eigenvalue weighted by Gasteiger charge is 2.39. The number of carbonyl (C=O) groups is 1. The summed E-state index contributed by atoms with van der Waals surface area (Å²) in [5, 5.41) is -1.11. The van der Waals surface area contributed by atoms with Crippen molar-refractivity contribution in [2.24, 2.45) is 0 Å². The summed E-state index contributed by atoms with van der Waals surface area (Å²) in [4.78, 5) is 19.5. The van der Waals surface area contributed by atoms with E-state index in [2.05, 4.69) is 14.7 Å². The molecule has 0 amide bonds. The van der Waals surface area contributed by atoms with E-state index in [9.17, 15) is 26.4 Å². The number of hydrogen-bond donors (Lipinski definition) is 0. The van der Waals surface area contributed by atoms with E-state index in [0.717, 1.165) is 31.6 Å². The minimum Gasteiger partial charge on any atom is -0.464 e. The topological polar surface area (TPSA) is 89.5 Å². The molecule has 0 saturated heterocycles. The normalized spacial score (nSPS) is 12.0. The van der Waals surface area contributed by atoms with E-state index in [1.165, 1.54) is 6.92 Å². The van der Waals surface area contributed by atoms with Crippen LogP contribution in [0.2, 0.25) is 10.0 Å². The maximum Gasteiger partial charge on any atom is 0.418 e. The molecule has 0 radical (unpaired) electrons. The van der Waals surface area contributed by atoms with Gasteiger partial charge in [-0.3, -0.25) is 4.31 Å². The molecule has 2 rings (SSSR count). The van der Waals surface area contributed by atoms with Crippen LogP contribution in [0.4, 0.5) is 19.0 Å². The number of rotatable bonds is 6. The summed E-state index contributed by atoms with van der Waals surface area (Å²) in [5.41, 5.74) is -2.47. The van der Waals surface area contributed by atoms with Crippen LogP contribution in [-0.4, -0.2) is 38.0 Å². The Hall–Kier alpha value is -2.11. The van der Waals surface area contributed by atoms with E-state index in [1.54, 1.807) is 0 Å². The number of nitrogens with zero attached hydrogens (tertiary/aromatic N) is 3. The Labute approximate surface area is 174 Å². The predicted molar refractivity (Wildman–Crippen MR) is 100 cm³/mol. The molecule has 7 nitrogen and oxygen atoms in total. The van der Waals surface area contributed by atoms with E-state index in [4.69, 9.17) is 23.2 Å². The molecule has 1 aromatic heterocycles. The number of sulfonamides is 1. The molecular formula is C16H14Cl2F3N3O4S. The second-order valence-electron chi connectivity index (χ2n) is 5.52. The lowest BCUT2D eigenvalue weighted by Gasteiger charge is -2.24. The highest BCUT2D eigenvalue weighted by molar-refractivity contribution is 7.92. The molecule has 0 unspecified atom stereocenters. The smallest absolute Gasteiger partial charge is 0.418 e. The monoisotopic (exact) mass is 471 g/mol. The zero-order valence-corrected chi connectivity index (χ0v) is 17.3. The number of ether oxygens (including phenoxy) is 1. The second kappa shape index (κ2) is 8.72. The molecule has 13 heteroatoms. The maximum atomic E-state index is 13.5. The lowest BCUT2D eigenvalue weighted by molar-refractivity contribution is -0.138. The predicted octanol–water partition coefficient (Wildman–Crippen LogP) is 3.95. The average molecular weight is 472 g/mol. The van der Waals surface area contributed by atoms with Gasteiger partial charge in [0.15, 0.2) is 11.5 Å². The Bertz CT molecular complexity index is 1030. The molecule has 2 aromatic rings. The van der Waals surface area contributed by atoms with Crippen LogP contribution in [-0.2, 0) is 26.7 Å². The minimum atomic E-state index is -4.94. The van der Waals surface area contributed by atoms with Crippen LogP contribution >= 0.6 is 23.2 Å². The Balaban J connectivity index is 2.61. The number of hydrogen-bond acceptors (Lipinski definition) is 6. The summed E-state index contributed by atoms with van der Waals surface area (Å²) >= 11 is 11.5. The van der Waals surface area contributed by atoms with Crippen LogP contribution in [0.25, 0.3) is 0 Å². The first-order valence-electron chi connectivity index (χ1n) is 7.87. The van der Waals surface area contributed by atoms with Crippen molar-refractivity contribution in [3.05, 3.63) is 51.4 Å². The van der Waals surface area contributed by atoms with Gasteiger partial charge in [0.1, 0.15) is 0 Å². The fourth-order valence-corrected chi connectivity index (χ4v) is 4.73. The molecule has 29 heavy (non-hydrogen) atoms. The summed E-state index contributed by atoms with van der Waals surface area (Å²) in [5.74, 6) is -2.47. The van der Waals surface area contributed by atoms with Gasteiger partial charge in [0, 0.05) is 29.5 Å². The quantitative estimate of drug-likeness (QED) is 0.592. The average Bonchev–Trinajstić information content (AvgIpc) is 2.63. The van der Waals surface area contributed by atoms with Crippen LogP contribution in [0.5, 0.6) is 0 Å². The highest BCUT2D eigenvalue weighted by Crippen LogP contribution is 2.41. The number of benzene rings is 1. The molecule has 0 spiro atoms. The van der Waals surface area contributed by atoms with Gasteiger partial charge in [-0.2, -0.15) is 13.2 Å². The van der Waals surface area contributed by atoms with Crippen molar-refractivity contribution in [3.63, 3.8) is 0 Å². The molecule has 0 aliphatic heterocycles. The lowest BCUT2D eigenvalue weighted by atomic mass is 10.1. The van der Waals surface area contributed by atoms with Gasteiger partial charge in [0.2, 0.25) is 10.0 Å². The van der Waals surface area contributed by atoms with Gasteiger partial charge >= 0.3 is 12.1 Å². The van der Waals surface area contributed by atoms with Crippen molar-refractivity contribution < 1.29 is 31.1 Å². The first-order chi connectivity index (χ1) is 13.4. The molecule has 1 heterocycles. The second-order valence-corrected chi connectivity index (χ2v) is 8.23. The Kier molecular flexibility index (Phi) is 6.97. The van der Waals surface area contributed by atoms with Crippen LogP contribution < -0.4 is 4.31 Å². The summed E-state index contributed by atoms with van der Waals surface area (Å²) in [7, 11) is -3.42. The van der Waals surface area contributed by atoms with Crippen molar-refractivity contribution >= 4 is 45.0 Å². The summed E-state index contributed by atoms with van der Waals surface area (Å²) in [6.45, 7) is 1.17. The Morgan fingerprint density at radius 1 is 1.17 bits per heavy atom. The number of methoxy groups -OCH3 is 1. The zero-order valence-electron chi connectivity index (χ0n) is 15.0. The molecule has 0 saturated carbocycles. The summed E-state index contributed by atoms with van der Waals surface area (Å²) in [6.07, 6.45) is -2.66. The number of aromatic nitrogens is 2. The van der Waals surface area contributed by atoms with E-state index >= 15 is 0 Å². The molecule has 0 bridgehead atoms. The first kappa shape index (κ1) is 23.2. The fourth-order valence-electron chi connectivity index (χ4n) is 2.53. The lowest BCUT2D eigenvalue weighted by Crippen LogP contribution is -2.35. The Morgan fingerprint density at radius 3 is 2.31 bits per heavy atom. The Morgan fingerprint density at radius 2 is 1.76 bits per heavy atom. The number of esters is 1. The fraction of sp³-hybridized carbons (Fsp3) is 0.312. The third-order valence-electron chi connectivity index (χ3n) is 3.73. The van der Waals surface area contributed by atoms with Crippen LogP contribution in [0.15, 0.2) is 24.5 Å². The van der Waals surface area contributed by atoms with Crippen molar-refractivity contribution in [2.45, 2.75) is 18.9 Å². The highest BCUT2D eigenvalue weighted by atomic mass is 35.5. The molecule has 0 aliphatic carbocycles. The third-order valence-corrected chi connectivity index (χ3v) is 6.16. The van der Waals surface area contributed by atoms with Crippen LogP contribution in [0.3, 0.4) is 0 Å². The van der Waals surface area contributed by atoms with Gasteiger partial charge in [-0.1, -0.05) is 23.2 Å². The molecule has 0 atom stereocenters. The van der Waals surface area contributed by atoms with Crippen molar-refractivity contribution in [2.75, 3.05) is 18.0 Å². The van der Waals surface area contributed by atoms with E-state index < -0.39 is 54.8 Å². The number of alkyl halides is 3. The van der Waals surface area contributed by atoms with Gasteiger partial charge in [-0.05, 0) is 19.1 Å². The largest absolute Gasteiger partial charge is 0.464 e. The molecule has 0 fully saturated rings. The number of halogens is 5. The molecule has 1 aromatic carbocycles. The molecule has 0 N–H and O–H groups in total. The van der Waals surface area contributed by atoms with E-state index in [0.29, 0.717) is 4.31 Å². The molecule has 0 aliphatic rings. The number of anilines is 1. The van der Waals surface area contributed by atoms with E-state index in [1.807, 2.05) is 0 Å². The van der Waals surface area contributed by atoms with Crippen LogP contribution in [0, 0.1) is 0 Å². The van der Waals surface area contributed by atoms with Crippen LogP contribution in [0.1, 0.15) is 28.5 Å². The third kappa shape index (κ3) is 4.90. The molecule has 158 valence electrons. The zero-order chi connectivity index (χ0) is 22.0. The van der Waals surface area contributed by atoms with E-state index in [-0.39, 0.29) is 12.4 Å². The van der Waals surface area contributed by atoms with Gasteiger partial charge in [-0.15, -0.1) is 0 Å². The van der Waals surface area contributed by atoms with Crippen molar-refractivity contribution in [1.29, 1.82) is 0 Å². The van der Waals surface area contributed by atoms with Gasteiger partial charge in [0.05, 0.1) is 23.4 Å². The molecular weight excluding hydrogens is 458 g/mol. The minimum absolute atomic E-state index is 0.245. The maximum absolute atomic E-state index is 13.5. The van der Waals surface area contributed by atoms with Crippen molar-refractivity contribution in [1.82, 2.24) is 9.97 Å².